The fraction of sp³-hybridized carbons (Fsp3) is 0.562. The molecule has 2 heterocycles. The Kier molecular flexibility index (Phi) is 3.76. The van der Waals surface area contributed by atoms with Gasteiger partial charge in [0.25, 0.3) is 0 Å². The monoisotopic (exact) mass is 275 g/mol. The summed E-state index contributed by atoms with van der Waals surface area (Å²) in [6.07, 6.45) is 2.29. The van der Waals surface area contributed by atoms with Crippen molar-refractivity contribution in [2.24, 2.45) is 0 Å². The number of hydrogen-bond acceptors (Lipinski definition) is 3. The maximum absolute atomic E-state index is 12.4. The molecule has 0 radical (unpaired) electrons. The zero-order valence-electron chi connectivity index (χ0n) is 11.9. The molecule has 1 spiro atoms. The van der Waals surface area contributed by atoms with Crippen LogP contribution in [0.2, 0.25) is 0 Å². The summed E-state index contributed by atoms with van der Waals surface area (Å²) in [5.41, 5.74) is 2.28. The summed E-state index contributed by atoms with van der Waals surface area (Å²) in [6.45, 7) is 4.70. The van der Waals surface area contributed by atoms with E-state index in [4.69, 9.17) is 9.47 Å². The van der Waals surface area contributed by atoms with Gasteiger partial charge in [-0.25, -0.2) is 0 Å². The molecule has 0 bridgehead atoms. The summed E-state index contributed by atoms with van der Waals surface area (Å²) in [4.78, 5) is 14.3. The highest BCUT2D eigenvalue weighted by molar-refractivity contribution is 5.79. The average Bonchev–Trinajstić information content (AvgIpc) is 2.89. The third-order valence-electron chi connectivity index (χ3n) is 4.06. The Morgan fingerprint density at radius 1 is 1.25 bits per heavy atom. The van der Waals surface area contributed by atoms with Crippen molar-refractivity contribution in [2.75, 3.05) is 26.3 Å². The first-order chi connectivity index (χ1) is 9.67. The molecule has 0 aromatic heterocycles. The normalized spacial score (nSPS) is 21.4. The number of amides is 1. The van der Waals surface area contributed by atoms with E-state index in [9.17, 15) is 4.79 Å². The lowest BCUT2D eigenvalue weighted by atomic mass is 10.0. The number of carbonyl (C=O) groups excluding carboxylic acids is 1. The van der Waals surface area contributed by atoms with Gasteiger partial charge in [0.2, 0.25) is 5.91 Å². The maximum Gasteiger partial charge on any atom is 0.227 e. The van der Waals surface area contributed by atoms with Gasteiger partial charge in [0.15, 0.2) is 5.79 Å². The van der Waals surface area contributed by atoms with E-state index in [1.165, 1.54) is 5.56 Å². The summed E-state index contributed by atoms with van der Waals surface area (Å²) in [7, 11) is 0. The maximum atomic E-state index is 12.4. The quantitative estimate of drug-likeness (QED) is 0.827. The molecule has 20 heavy (non-hydrogen) atoms. The average molecular weight is 275 g/mol. The molecule has 4 heteroatoms. The van der Waals surface area contributed by atoms with E-state index in [0.717, 1.165) is 24.9 Å². The molecule has 108 valence electrons. The van der Waals surface area contributed by atoms with Crippen molar-refractivity contribution in [3.63, 3.8) is 0 Å². The third kappa shape index (κ3) is 2.86. The third-order valence-corrected chi connectivity index (χ3v) is 4.06. The Hall–Kier alpha value is -1.39. The number of nitrogens with zero attached hydrogens (tertiary/aromatic N) is 1. The molecule has 4 nitrogen and oxygen atoms in total. The van der Waals surface area contributed by atoms with Crippen LogP contribution in [0.1, 0.15) is 24.0 Å². The second kappa shape index (κ2) is 5.54. The molecule has 2 aliphatic heterocycles. The molecular formula is C16H21NO3. The summed E-state index contributed by atoms with van der Waals surface area (Å²) in [6, 6.07) is 8.14. The van der Waals surface area contributed by atoms with Crippen LogP contribution in [0.25, 0.3) is 0 Å². The van der Waals surface area contributed by atoms with Crippen molar-refractivity contribution in [3.8, 4) is 0 Å². The summed E-state index contributed by atoms with van der Waals surface area (Å²) >= 11 is 0. The lowest BCUT2D eigenvalue weighted by molar-refractivity contribution is -0.192. The van der Waals surface area contributed by atoms with Gasteiger partial charge in [-0.2, -0.15) is 0 Å². The van der Waals surface area contributed by atoms with Crippen LogP contribution in [0.15, 0.2) is 24.3 Å². The molecule has 1 amide bonds. The van der Waals surface area contributed by atoms with Crippen LogP contribution in [0.4, 0.5) is 0 Å². The first-order valence-corrected chi connectivity index (χ1v) is 7.28. The van der Waals surface area contributed by atoms with E-state index in [2.05, 4.69) is 6.92 Å². The molecule has 1 aromatic rings. The summed E-state index contributed by atoms with van der Waals surface area (Å²) < 4.78 is 11.4. The van der Waals surface area contributed by atoms with E-state index in [0.29, 0.717) is 26.2 Å². The molecule has 3 rings (SSSR count). The van der Waals surface area contributed by atoms with E-state index < -0.39 is 5.79 Å². The van der Waals surface area contributed by atoms with Crippen molar-refractivity contribution in [1.29, 1.82) is 0 Å². The number of benzene rings is 1. The largest absolute Gasteiger partial charge is 0.346 e. The van der Waals surface area contributed by atoms with E-state index in [1.807, 2.05) is 29.2 Å². The van der Waals surface area contributed by atoms with Crippen molar-refractivity contribution in [3.05, 3.63) is 35.4 Å². The second-order valence-electron chi connectivity index (χ2n) is 5.69. The highest BCUT2D eigenvalue weighted by atomic mass is 16.7. The molecule has 0 atom stereocenters. The van der Waals surface area contributed by atoms with Crippen molar-refractivity contribution in [2.45, 2.75) is 32.0 Å². The fourth-order valence-electron chi connectivity index (χ4n) is 2.93. The van der Waals surface area contributed by atoms with Crippen LogP contribution in [-0.4, -0.2) is 42.9 Å². The number of hydrogen-bond donors (Lipinski definition) is 0. The smallest absolute Gasteiger partial charge is 0.227 e. The Morgan fingerprint density at radius 2 is 1.95 bits per heavy atom. The van der Waals surface area contributed by atoms with Crippen molar-refractivity contribution >= 4 is 5.91 Å². The van der Waals surface area contributed by atoms with E-state index in [1.54, 1.807) is 0 Å². The standard InChI is InChI=1S/C16H21NO3/c1-13-3-5-14(6-4-13)11-15(18)17-8-2-7-16(12-17)19-9-10-20-16/h3-6H,2,7-12H2,1H3. The summed E-state index contributed by atoms with van der Waals surface area (Å²) in [5.74, 6) is -0.367. The highest BCUT2D eigenvalue weighted by Crippen LogP contribution is 2.30. The molecule has 0 aliphatic carbocycles. The second-order valence-corrected chi connectivity index (χ2v) is 5.69. The molecule has 2 fully saturated rings. The van der Waals surface area contributed by atoms with Gasteiger partial charge >= 0.3 is 0 Å². The minimum absolute atomic E-state index is 0.159. The summed E-state index contributed by atoms with van der Waals surface area (Å²) in [5, 5.41) is 0. The fourth-order valence-corrected chi connectivity index (χ4v) is 2.93. The molecule has 1 aromatic carbocycles. The Balaban J connectivity index is 1.63. The van der Waals surface area contributed by atoms with Crippen molar-refractivity contribution in [1.82, 2.24) is 4.90 Å². The van der Waals surface area contributed by atoms with Gasteiger partial charge < -0.3 is 14.4 Å². The Bertz CT molecular complexity index is 477. The topological polar surface area (TPSA) is 38.8 Å². The lowest BCUT2D eigenvalue weighted by Gasteiger charge is -2.38. The zero-order valence-corrected chi connectivity index (χ0v) is 11.9. The van der Waals surface area contributed by atoms with E-state index in [-0.39, 0.29) is 5.91 Å². The highest BCUT2D eigenvalue weighted by Gasteiger charge is 2.41. The van der Waals surface area contributed by atoms with E-state index >= 15 is 0 Å². The van der Waals surface area contributed by atoms with Crippen LogP contribution in [-0.2, 0) is 20.7 Å². The van der Waals surface area contributed by atoms with Gasteiger partial charge in [-0.1, -0.05) is 29.8 Å². The van der Waals surface area contributed by atoms with Gasteiger partial charge in [-0.15, -0.1) is 0 Å². The molecule has 0 N–H and O–H groups in total. The molecule has 2 aliphatic rings. The number of carbonyl (C=O) groups is 1. The number of rotatable bonds is 2. The lowest BCUT2D eigenvalue weighted by Crippen LogP contribution is -2.51. The first kappa shape index (κ1) is 13.6. The molecule has 0 saturated carbocycles. The SMILES string of the molecule is Cc1ccc(CC(=O)N2CCCC3(C2)OCCO3)cc1. The van der Waals surface area contributed by atoms with Crippen molar-refractivity contribution < 1.29 is 14.3 Å². The molecule has 2 saturated heterocycles. The number of likely N-dealkylation sites (tertiary alicyclic amines) is 1. The van der Waals surface area contributed by atoms with Crippen LogP contribution >= 0.6 is 0 Å². The van der Waals surface area contributed by atoms with Gasteiger partial charge in [0.05, 0.1) is 26.2 Å². The number of ether oxygens (including phenoxy) is 2. The van der Waals surface area contributed by atoms with Crippen LogP contribution < -0.4 is 0 Å². The predicted octanol–water partition coefficient (Wildman–Crippen LogP) is 1.90. The zero-order chi connectivity index (χ0) is 14.0. The number of aryl methyl sites for hydroxylation is 1. The van der Waals surface area contributed by atoms with Gasteiger partial charge in [-0.05, 0) is 18.9 Å². The molecular weight excluding hydrogens is 254 g/mol. The van der Waals surface area contributed by atoms with Crippen LogP contribution in [0.5, 0.6) is 0 Å². The first-order valence-electron chi connectivity index (χ1n) is 7.28. The number of piperidine rings is 1. The minimum Gasteiger partial charge on any atom is -0.346 e. The van der Waals surface area contributed by atoms with Gasteiger partial charge in [0, 0.05) is 13.0 Å². The van der Waals surface area contributed by atoms with Crippen LogP contribution in [0, 0.1) is 6.92 Å². The Labute approximate surface area is 119 Å². The Morgan fingerprint density at radius 3 is 2.65 bits per heavy atom. The minimum atomic E-state index is -0.527. The van der Waals surface area contributed by atoms with Gasteiger partial charge in [-0.3, -0.25) is 4.79 Å². The van der Waals surface area contributed by atoms with Crippen LogP contribution in [0.3, 0.4) is 0 Å². The van der Waals surface area contributed by atoms with Gasteiger partial charge in [0.1, 0.15) is 0 Å². The molecule has 0 unspecified atom stereocenters. The predicted molar refractivity (Wildman–Crippen MR) is 75.3 cm³/mol.